The molecule has 0 atom stereocenters. The molecule has 0 aliphatic carbocycles. The van der Waals surface area contributed by atoms with Gasteiger partial charge in [-0.05, 0) is 12.1 Å². The van der Waals surface area contributed by atoms with Gasteiger partial charge in [0.1, 0.15) is 0 Å². The summed E-state index contributed by atoms with van der Waals surface area (Å²) in [4.78, 5) is 26.9. The second-order valence-corrected chi connectivity index (χ2v) is 5.07. The first-order chi connectivity index (χ1) is 10.2. The van der Waals surface area contributed by atoms with Crippen molar-refractivity contribution >= 4 is 11.8 Å². The quantitative estimate of drug-likeness (QED) is 0.682. The number of carbonyl (C=O) groups is 2. The molecule has 5 nitrogen and oxygen atoms in total. The Labute approximate surface area is 124 Å². The van der Waals surface area contributed by atoms with Crippen molar-refractivity contribution in [3.8, 4) is 12.3 Å². The van der Waals surface area contributed by atoms with Crippen LogP contribution in [0.4, 0.5) is 0 Å². The predicted octanol–water partition coefficient (Wildman–Crippen LogP) is -1.22. The van der Waals surface area contributed by atoms with Gasteiger partial charge in [-0.2, -0.15) is 0 Å². The third kappa shape index (κ3) is 4.33. The standard InChI is InChI=1S/C16H19N3O2/c1-2-8-17-15(20)13-18-9-11-19(12-10-18)16(21)14-6-4-3-5-7-14/h1,3-7H,8-13H2,(H,17,20)/p+1. The van der Waals surface area contributed by atoms with Gasteiger partial charge in [-0.15, -0.1) is 6.42 Å². The van der Waals surface area contributed by atoms with Gasteiger partial charge in [-0.3, -0.25) is 9.59 Å². The maximum atomic E-state index is 12.3. The van der Waals surface area contributed by atoms with E-state index in [1.807, 2.05) is 35.2 Å². The molecule has 1 aliphatic heterocycles. The maximum absolute atomic E-state index is 12.3. The van der Waals surface area contributed by atoms with Crippen molar-refractivity contribution < 1.29 is 14.5 Å². The normalized spacial score (nSPS) is 15.3. The largest absolute Gasteiger partial charge is 0.340 e. The molecule has 2 rings (SSSR count). The summed E-state index contributed by atoms with van der Waals surface area (Å²) in [7, 11) is 0. The first-order valence-corrected chi connectivity index (χ1v) is 7.08. The fraction of sp³-hybridized carbons (Fsp3) is 0.375. The molecule has 0 radical (unpaired) electrons. The smallest absolute Gasteiger partial charge is 0.275 e. The Hall–Kier alpha value is -2.32. The van der Waals surface area contributed by atoms with E-state index in [1.54, 1.807) is 0 Å². The molecule has 2 amide bonds. The van der Waals surface area contributed by atoms with E-state index in [9.17, 15) is 9.59 Å². The Morgan fingerprint density at radius 1 is 1.24 bits per heavy atom. The van der Waals surface area contributed by atoms with Gasteiger partial charge in [0.25, 0.3) is 11.8 Å². The first-order valence-electron chi connectivity index (χ1n) is 7.08. The maximum Gasteiger partial charge on any atom is 0.275 e. The highest BCUT2D eigenvalue weighted by Gasteiger charge is 2.25. The topological polar surface area (TPSA) is 53.9 Å². The molecule has 110 valence electrons. The Morgan fingerprint density at radius 2 is 1.90 bits per heavy atom. The van der Waals surface area contributed by atoms with Crippen molar-refractivity contribution in [2.24, 2.45) is 0 Å². The number of nitrogens with zero attached hydrogens (tertiary/aromatic N) is 1. The van der Waals surface area contributed by atoms with Crippen molar-refractivity contribution in [1.29, 1.82) is 0 Å². The van der Waals surface area contributed by atoms with Gasteiger partial charge in [0.15, 0.2) is 6.54 Å². The SMILES string of the molecule is C#CCNC(=O)C[NH+]1CCN(C(=O)c2ccccc2)CC1. The van der Waals surface area contributed by atoms with Crippen LogP contribution in [-0.4, -0.2) is 56.0 Å². The van der Waals surface area contributed by atoms with Gasteiger partial charge >= 0.3 is 0 Å². The number of benzene rings is 1. The van der Waals surface area contributed by atoms with Gasteiger partial charge in [0.2, 0.25) is 0 Å². The summed E-state index contributed by atoms with van der Waals surface area (Å²) in [5, 5.41) is 2.66. The number of rotatable bonds is 4. The van der Waals surface area contributed by atoms with Crippen LogP contribution >= 0.6 is 0 Å². The molecule has 2 N–H and O–H groups in total. The lowest BCUT2D eigenvalue weighted by atomic mass is 10.2. The van der Waals surface area contributed by atoms with Crippen LogP contribution < -0.4 is 10.2 Å². The van der Waals surface area contributed by atoms with Gasteiger partial charge in [-0.1, -0.05) is 24.1 Å². The van der Waals surface area contributed by atoms with Gasteiger partial charge in [0.05, 0.1) is 32.7 Å². The van der Waals surface area contributed by atoms with Gasteiger partial charge in [-0.25, -0.2) is 0 Å². The first kappa shape index (κ1) is 15.1. The van der Waals surface area contributed by atoms with E-state index < -0.39 is 0 Å². The monoisotopic (exact) mass is 286 g/mol. The molecule has 1 heterocycles. The van der Waals surface area contributed by atoms with E-state index in [2.05, 4.69) is 11.2 Å². The average Bonchev–Trinajstić information content (AvgIpc) is 2.54. The molecule has 1 fully saturated rings. The molecular formula is C16H20N3O2+. The summed E-state index contributed by atoms with van der Waals surface area (Å²) in [6.07, 6.45) is 5.10. The number of terminal acetylenes is 1. The lowest BCUT2D eigenvalue weighted by Gasteiger charge is -2.31. The summed E-state index contributed by atoms with van der Waals surface area (Å²) in [6.45, 7) is 3.58. The van der Waals surface area contributed by atoms with Crippen LogP contribution in [0.3, 0.4) is 0 Å². The minimum atomic E-state index is -0.0363. The van der Waals surface area contributed by atoms with Crippen LogP contribution in [0.15, 0.2) is 30.3 Å². The van der Waals surface area contributed by atoms with Crippen LogP contribution in [0, 0.1) is 12.3 Å². The van der Waals surface area contributed by atoms with Crippen LogP contribution in [0.2, 0.25) is 0 Å². The summed E-state index contributed by atoms with van der Waals surface area (Å²) in [5.74, 6) is 2.41. The van der Waals surface area contributed by atoms with E-state index in [0.717, 1.165) is 13.1 Å². The van der Waals surface area contributed by atoms with E-state index in [1.165, 1.54) is 4.90 Å². The minimum absolute atomic E-state index is 0.0363. The van der Waals surface area contributed by atoms with Crippen molar-refractivity contribution in [3.63, 3.8) is 0 Å². The summed E-state index contributed by atoms with van der Waals surface area (Å²) in [6, 6.07) is 9.28. The lowest BCUT2D eigenvalue weighted by molar-refractivity contribution is -0.896. The number of amides is 2. The van der Waals surface area contributed by atoms with Crippen molar-refractivity contribution in [2.75, 3.05) is 39.3 Å². The predicted molar refractivity (Wildman–Crippen MR) is 79.8 cm³/mol. The zero-order valence-corrected chi connectivity index (χ0v) is 12.0. The number of quaternary nitrogens is 1. The van der Waals surface area contributed by atoms with Crippen molar-refractivity contribution in [3.05, 3.63) is 35.9 Å². The van der Waals surface area contributed by atoms with Crippen LogP contribution in [-0.2, 0) is 4.79 Å². The summed E-state index contributed by atoms with van der Waals surface area (Å²) < 4.78 is 0. The number of nitrogens with one attached hydrogen (secondary N) is 2. The zero-order valence-electron chi connectivity index (χ0n) is 12.0. The fourth-order valence-electron chi connectivity index (χ4n) is 2.41. The van der Waals surface area contributed by atoms with E-state index in [4.69, 9.17) is 6.42 Å². The molecule has 1 aromatic rings. The van der Waals surface area contributed by atoms with Crippen LogP contribution in [0.1, 0.15) is 10.4 Å². The molecule has 0 unspecified atom stereocenters. The molecular weight excluding hydrogens is 266 g/mol. The Bertz CT molecular complexity index is 528. The number of carbonyl (C=O) groups excluding carboxylic acids is 2. The molecule has 0 bridgehead atoms. The highest BCUT2D eigenvalue weighted by atomic mass is 16.2. The summed E-state index contributed by atoms with van der Waals surface area (Å²) in [5.41, 5.74) is 0.715. The second kappa shape index (κ2) is 7.46. The molecule has 0 saturated carbocycles. The summed E-state index contributed by atoms with van der Waals surface area (Å²) >= 11 is 0. The molecule has 1 saturated heterocycles. The third-order valence-corrected chi connectivity index (χ3v) is 3.58. The number of hydrogen-bond acceptors (Lipinski definition) is 2. The second-order valence-electron chi connectivity index (χ2n) is 5.07. The highest BCUT2D eigenvalue weighted by molar-refractivity contribution is 5.94. The average molecular weight is 286 g/mol. The molecule has 5 heteroatoms. The van der Waals surface area contributed by atoms with Crippen LogP contribution in [0.5, 0.6) is 0 Å². The van der Waals surface area contributed by atoms with E-state index in [-0.39, 0.29) is 18.4 Å². The third-order valence-electron chi connectivity index (χ3n) is 3.58. The van der Waals surface area contributed by atoms with E-state index in [0.29, 0.717) is 25.2 Å². The lowest BCUT2D eigenvalue weighted by Crippen LogP contribution is -3.15. The minimum Gasteiger partial charge on any atom is -0.340 e. The Balaban J connectivity index is 1.80. The van der Waals surface area contributed by atoms with Crippen molar-refractivity contribution in [1.82, 2.24) is 10.2 Å². The van der Waals surface area contributed by atoms with Crippen LogP contribution in [0.25, 0.3) is 0 Å². The zero-order chi connectivity index (χ0) is 15.1. The van der Waals surface area contributed by atoms with E-state index >= 15 is 0 Å². The molecule has 21 heavy (non-hydrogen) atoms. The molecule has 0 aromatic heterocycles. The Morgan fingerprint density at radius 3 is 2.52 bits per heavy atom. The highest BCUT2D eigenvalue weighted by Crippen LogP contribution is 2.04. The Kier molecular flexibility index (Phi) is 5.35. The fourth-order valence-corrected chi connectivity index (χ4v) is 2.41. The van der Waals surface area contributed by atoms with Crippen molar-refractivity contribution in [2.45, 2.75) is 0 Å². The number of hydrogen-bond donors (Lipinski definition) is 2. The molecule has 0 spiro atoms. The van der Waals surface area contributed by atoms with Gasteiger partial charge < -0.3 is 15.1 Å². The molecule has 1 aliphatic rings. The molecule has 1 aromatic carbocycles. The van der Waals surface area contributed by atoms with Gasteiger partial charge in [0, 0.05) is 5.56 Å². The number of piperazine rings is 1.